The second-order valence-corrected chi connectivity index (χ2v) is 2.89. The third-order valence-corrected chi connectivity index (χ3v) is 2.12. The Labute approximate surface area is 68.9 Å². The van der Waals surface area contributed by atoms with Crippen molar-refractivity contribution in [3.63, 3.8) is 0 Å². The van der Waals surface area contributed by atoms with E-state index < -0.39 is 0 Å². The van der Waals surface area contributed by atoms with Crippen molar-refractivity contribution in [1.29, 1.82) is 0 Å². The van der Waals surface area contributed by atoms with Gasteiger partial charge < -0.3 is 4.98 Å². The first-order chi connectivity index (χ1) is 5.93. The molecule has 0 bridgehead atoms. The molecule has 1 aromatic rings. The van der Waals surface area contributed by atoms with Crippen LogP contribution in [0.4, 0.5) is 0 Å². The van der Waals surface area contributed by atoms with Crippen molar-refractivity contribution in [2.75, 3.05) is 0 Å². The predicted octanol–water partition coefficient (Wildman–Crippen LogP) is -0.235. The standard InChI is InChI=1S/C9H7N3/c1-3-10-8-6(1)5-7-2-4-11-9(7)12-8/h1-5,8H,(H,11,12). The Morgan fingerprint density at radius 1 is 1.42 bits per heavy atom. The monoisotopic (exact) mass is 157 g/mol. The van der Waals surface area contributed by atoms with E-state index in [2.05, 4.69) is 21.0 Å². The average molecular weight is 157 g/mol. The van der Waals surface area contributed by atoms with Crippen LogP contribution < -0.4 is 10.7 Å². The van der Waals surface area contributed by atoms with Crippen molar-refractivity contribution in [3.05, 3.63) is 34.6 Å². The zero-order valence-corrected chi connectivity index (χ0v) is 6.36. The van der Waals surface area contributed by atoms with Gasteiger partial charge in [-0.25, -0.2) is 4.99 Å². The fraction of sp³-hybridized carbons (Fsp3) is 0.111. The van der Waals surface area contributed by atoms with Gasteiger partial charge in [0.25, 0.3) is 0 Å². The summed E-state index contributed by atoms with van der Waals surface area (Å²) in [6, 6.07) is 2.02. The molecule has 2 aliphatic heterocycles. The Morgan fingerprint density at radius 3 is 3.42 bits per heavy atom. The smallest absolute Gasteiger partial charge is 0.167 e. The average Bonchev–Trinajstić information content (AvgIpc) is 2.64. The van der Waals surface area contributed by atoms with Crippen LogP contribution in [0.1, 0.15) is 0 Å². The lowest BCUT2D eigenvalue weighted by Crippen LogP contribution is -2.29. The Bertz CT molecular complexity index is 490. The van der Waals surface area contributed by atoms with Crippen LogP contribution in [-0.2, 0) is 0 Å². The normalized spacial score (nSPS) is 23.7. The summed E-state index contributed by atoms with van der Waals surface area (Å²) in [7, 11) is 0. The van der Waals surface area contributed by atoms with Gasteiger partial charge in [-0.1, -0.05) is 0 Å². The van der Waals surface area contributed by atoms with E-state index in [0.29, 0.717) is 0 Å². The SMILES string of the molecule is C1=NC2N=c3[nH]ccc3=CC2=C1. The molecular formula is C9H7N3. The first-order valence-corrected chi connectivity index (χ1v) is 3.90. The van der Waals surface area contributed by atoms with E-state index >= 15 is 0 Å². The van der Waals surface area contributed by atoms with Gasteiger partial charge >= 0.3 is 0 Å². The minimum atomic E-state index is 0.0103. The largest absolute Gasteiger partial charge is 0.346 e. The van der Waals surface area contributed by atoms with Crippen LogP contribution in [0.15, 0.2) is 33.9 Å². The fourth-order valence-corrected chi connectivity index (χ4v) is 1.52. The number of hydrogen-bond acceptors (Lipinski definition) is 2. The third-order valence-electron chi connectivity index (χ3n) is 2.12. The molecule has 2 aliphatic rings. The molecule has 1 atom stereocenters. The fourth-order valence-electron chi connectivity index (χ4n) is 1.52. The number of aliphatic imine (C=N–C) groups is 1. The third kappa shape index (κ3) is 0.652. The molecule has 0 spiro atoms. The van der Waals surface area contributed by atoms with Gasteiger partial charge in [-0.05, 0) is 18.2 Å². The van der Waals surface area contributed by atoms with E-state index in [9.17, 15) is 0 Å². The molecule has 3 nitrogen and oxygen atoms in total. The van der Waals surface area contributed by atoms with Gasteiger partial charge in [0.2, 0.25) is 0 Å². The number of hydrogen-bond donors (Lipinski definition) is 1. The summed E-state index contributed by atoms with van der Waals surface area (Å²) in [6.45, 7) is 0. The molecule has 12 heavy (non-hydrogen) atoms. The van der Waals surface area contributed by atoms with E-state index in [0.717, 1.165) is 10.7 Å². The van der Waals surface area contributed by atoms with Crippen LogP contribution in [0, 0.1) is 0 Å². The molecule has 0 aromatic carbocycles. The van der Waals surface area contributed by atoms with Gasteiger partial charge in [0.05, 0.1) is 0 Å². The molecule has 3 heterocycles. The summed E-state index contributed by atoms with van der Waals surface area (Å²) in [5.41, 5.74) is 2.12. The quantitative estimate of drug-likeness (QED) is 0.540. The summed E-state index contributed by atoms with van der Waals surface area (Å²) in [5, 5.41) is 1.16. The molecule has 1 unspecified atom stereocenters. The highest BCUT2D eigenvalue weighted by Gasteiger charge is 2.15. The second-order valence-electron chi connectivity index (χ2n) is 2.89. The molecule has 1 N–H and O–H groups in total. The van der Waals surface area contributed by atoms with E-state index in [1.54, 1.807) is 0 Å². The summed E-state index contributed by atoms with van der Waals surface area (Å²) < 4.78 is 0. The topological polar surface area (TPSA) is 40.5 Å². The number of allylic oxidation sites excluding steroid dienone is 1. The first kappa shape index (κ1) is 5.94. The zero-order chi connectivity index (χ0) is 7.97. The van der Waals surface area contributed by atoms with Crippen LogP contribution in [-0.4, -0.2) is 17.4 Å². The van der Waals surface area contributed by atoms with E-state index in [1.807, 2.05) is 24.6 Å². The van der Waals surface area contributed by atoms with Gasteiger partial charge in [-0.2, -0.15) is 0 Å². The van der Waals surface area contributed by atoms with Crippen molar-refractivity contribution in [2.24, 2.45) is 9.98 Å². The highest BCUT2D eigenvalue weighted by Crippen LogP contribution is 2.14. The molecule has 0 saturated heterocycles. The molecule has 3 rings (SSSR count). The molecule has 0 amide bonds. The Balaban J connectivity index is 2.39. The number of fused-ring (bicyclic) bond motifs is 2. The lowest BCUT2D eigenvalue weighted by molar-refractivity contribution is 0.812. The number of H-pyrrole nitrogens is 1. The highest BCUT2D eigenvalue weighted by molar-refractivity contribution is 5.80. The molecule has 0 fully saturated rings. The van der Waals surface area contributed by atoms with E-state index in [-0.39, 0.29) is 6.17 Å². The van der Waals surface area contributed by atoms with Crippen molar-refractivity contribution < 1.29 is 0 Å². The number of nitrogens with zero attached hydrogens (tertiary/aromatic N) is 2. The molecule has 0 radical (unpaired) electrons. The molecule has 58 valence electrons. The number of nitrogens with one attached hydrogen (secondary N) is 1. The maximum atomic E-state index is 4.41. The first-order valence-electron chi connectivity index (χ1n) is 3.90. The maximum absolute atomic E-state index is 4.41. The summed E-state index contributed by atoms with van der Waals surface area (Å²) in [4.78, 5) is 11.7. The van der Waals surface area contributed by atoms with Crippen molar-refractivity contribution in [3.8, 4) is 0 Å². The lowest BCUT2D eigenvalue weighted by atomic mass is 10.1. The Kier molecular flexibility index (Phi) is 0.961. The number of aromatic nitrogens is 1. The molecule has 0 aliphatic carbocycles. The molecular weight excluding hydrogens is 150 g/mol. The van der Waals surface area contributed by atoms with Gasteiger partial charge in [0.15, 0.2) is 6.17 Å². The predicted molar refractivity (Wildman–Crippen MR) is 46.4 cm³/mol. The van der Waals surface area contributed by atoms with Gasteiger partial charge in [0.1, 0.15) is 5.49 Å². The summed E-state index contributed by atoms with van der Waals surface area (Å²) in [6.07, 6.45) is 7.85. The van der Waals surface area contributed by atoms with Gasteiger partial charge in [-0.3, -0.25) is 4.99 Å². The van der Waals surface area contributed by atoms with Crippen molar-refractivity contribution in [1.82, 2.24) is 4.98 Å². The highest BCUT2D eigenvalue weighted by atomic mass is 15.0. The second kappa shape index (κ2) is 1.94. The number of rotatable bonds is 0. The minimum absolute atomic E-state index is 0.0103. The summed E-state index contributed by atoms with van der Waals surface area (Å²) >= 11 is 0. The summed E-state index contributed by atoms with van der Waals surface area (Å²) in [5.74, 6) is 0. The van der Waals surface area contributed by atoms with Crippen LogP contribution in [0.3, 0.4) is 0 Å². The van der Waals surface area contributed by atoms with Crippen LogP contribution in [0.2, 0.25) is 0 Å². The maximum Gasteiger partial charge on any atom is 0.167 e. The lowest BCUT2D eigenvalue weighted by Gasteiger charge is -2.05. The number of aromatic amines is 1. The van der Waals surface area contributed by atoms with Crippen LogP contribution >= 0.6 is 0 Å². The Morgan fingerprint density at radius 2 is 2.42 bits per heavy atom. The van der Waals surface area contributed by atoms with Gasteiger partial charge in [-0.15, -0.1) is 0 Å². The van der Waals surface area contributed by atoms with Crippen molar-refractivity contribution >= 4 is 12.3 Å². The Hall–Kier alpha value is -1.64. The molecule has 0 saturated carbocycles. The van der Waals surface area contributed by atoms with Crippen LogP contribution in [0.5, 0.6) is 0 Å². The molecule has 3 heteroatoms. The van der Waals surface area contributed by atoms with Crippen LogP contribution in [0.25, 0.3) is 6.08 Å². The van der Waals surface area contributed by atoms with E-state index in [4.69, 9.17) is 0 Å². The van der Waals surface area contributed by atoms with Crippen molar-refractivity contribution in [2.45, 2.75) is 6.17 Å². The minimum Gasteiger partial charge on any atom is -0.346 e. The van der Waals surface area contributed by atoms with E-state index in [1.165, 1.54) is 5.57 Å². The zero-order valence-electron chi connectivity index (χ0n) is 6.36. The van der Waals surface area contributed by atoms with Gasteiger partial charge in [0, 0.05) is 23.2 Å². The molecule has 1 aromatic heterocycles.